The van der Waals surface area contributed by atoms with E-state index in [0.29, 0.717) is 6.61 Å². The minimum absolute atomic E-state index is 0.0106. The fourth-order valence-electron chi connectivity index (χ4n) is 1.76. The monoisotopic (exact) mass is 185 g/mol. The molecule has 13 heavy (non-hydrogen) atoms. The Balaban J connectivity index is 2.70. The van der Waals surface area contributed by atoms with Gasteiger partial charge in [0.25, 0.3) is 0 Å². The Morgan fingerprint density at radius 3 is 2.69 bits per heavy atom. The molecule has 0 spiro atoms. The summed E-state index contributed by atoms with van der Waals surface area (Å²) in [7, 11) is 0. The first-order chi connectivity index (χ1) is 5.95. The summed E-state index contributed by atoms with van der Waals surface area (Å²) in [5, 5.41) is 7.41. The normalized spacial score (nSPS) is 25.5. The molecule has 0 aromatic rings. The van der Waals surface area contributed by atoms with Crippen LogP contribution in [-0.2, 0) is 4.74 Å². The maximum absolute atomic E-state index is 7.41. The summed E-state index contributed by atoms with van der Waals surface area (Å²) >= 11 is 0. The van der Waals surface area contributed by atoms with Crippen LogP contribution in [0.25, 0.3) is 0 Å². The largest absolute Gasteiger partial charge is 0.386 e. The fourth-order valence-corrected chi connectivity index (χ4v) is 1.76. The molecule has 0 saturated carbocycles. The van der Waals surface area contributed by atoms with E-state index in [1.165, 1.54) is 0 Å². The Bertz CT molecular complexity index is 203. The third-order valence-electron chi connectivity index (χ3n) is 2.63. The molecular formula is C9H19N3O. The maximum atomic E-state index is 7.41. The smallest absolute Gasteiger partial charge is 0.108 e. The Morgan fingerprint density at radius 2 is 2.23 bits per heavy atom. The summed E-state index contributed by atoms with van der Waals surface area (Å²) in [6.07, 6.45) is 0. The van der Waals surface area contributed by atoms with Crippen LogP contribution in [0.3, 0.4) is 0 Å². The quantitative estimate of drug-likeness (QED) is 0.484. The Kier molecular flexibility index (Phi) is 2.93. The van der Waals surface area contributed by atoms with E-state index < -0.39 is 0 Å². The number of ether oxygens (including phenoxy) is 1. The van der Waals surface area contributed by atoms with Gasteiger partial charge in [-0.15, -0.1) is 0 Å². The molecule has 1 aliphatic heterocycles. The molecule has 3 N–H and O–H groups in total. The van der Waals surface area contributed by atoms with Crippen molar-refractivity contribution in [2.75, 3.05) is 19.8 Å². The molecule has 1 rings (SSSR count). The molecule has 0 aromatic heterocycles. The van der Waals surface area contributed by atoms with Crippen molar-refractivity contribution in [3.05, 3.63) is 0 Å². The molecule has 1 heterocycles. The van der Waals surface area contributed by atoms with Gasteiger partial charge in [0.2, 0.25) is 0 Å². The Hall–Kier alpha value is -0.610. The molecule has 1 saturated heterocycles. The summed E-state index contributed by atoms with van der Waals surface area (Å²) in [4.78, 5) is 2.22. The number of hydrogen-bond acceptors (Lipinski definition) is 3. The standard InChI is InChI=1S/C9H19N3O/c1-7(8(10)11)12-4-5-13-6-9(12,2)3/h7H,4-6H2,1-3H3,(H3,10,11). The van der Waals surface area contributed by atoms with E-state index in [0.717, 1.165) is 13.2 Å². The molecule has 1 fully saturated rings. The fraction of sp³-hybridized carbons (Fsp3) is 0.889. The van der Waals surface area contributed by atoms with Crippen LogP contribution in [0.15, 0.2) is 0 Å². The molecule has 1 unspecified atom stereocenters. The van der Waals surface area contributed by atoms with E-state index in [1.807, 2.05) is 6.92 Å². The molecule has 76 valence electrons. The summed E-state index contributed by atoms with van der Waals surface area (Å²) in [6.45, 7) is 8.51. The van der Waals surface area contributed by atoms with Gasteiger partial charge in [0.05, 0.1) is 19.3 Å². The summed E-state index contributed by atoms with van der Waals surface area (Å²) in [6, 6.07) is 0.0129. The third kappa shape index (κ3) is 2.19. The summed E-state index contributed by atoms with van der Waals surface area (Å²) in [5.74, 6) is 0.231. The highest BCUT2D eigenvalue weighted by Gasteiger charge is 2.34. The van der Waals surface area contributed by atoms with Crippen molar-refractivity contribution in [3.8, 4) is 0 Å². The lowest BCUT2D eigenvalue weighted by Gasteiger charge is -2.45. The van der Waals surface area contributed by atoms with Gasteiger partial charge in [0.1, 0.15) is 5.84 Å². The first-order valence-corrected chi connectivity index (χ1v) is 4.63. The zero-order valence-corrected chi connectivity index (χ0v) is 8.63. The Morgan fingerprint density at radius 1 is 1.62 bits per heavy atom. The van der Waals surface area contributed by atoms with Gasteiger partial charge in [-0.2, -0.15) is 0 Å². The van der Waals surface area contributed by atoms with Crippen molar-refractivity contribution in [1.29, 1.82) is 5.41 Å². The molecule has 0 aromatic carbocycles. The van der Waals surface area contributed by atoms with Crippen molar-refractivity contribution in [2.24, 2.45) is 5.73 Å². The number of amidine groups is 1. The number of morpholine rings is 1. The van der Waals surface area contributed by atoms with Gasteiger partial charge in [0.15, 0.2) is 0 Å². The first kappa shape index (κ1) is 10.5. The second kappa shape index (κ2) is 3.64. The molecular weight excluding hydrogens is 166 g/mol. The first-order valence-electron chi connectivity index (χ1n) is 4.63. The molecule has 4 nitrogen and oxygen atoms in total. The lowest BCUT2D eigenvalue weighted by Crippen LogP contribution is -2.59. The van der Waals surface area contributed by atoms with E-state index in [4.69, 9.17) is 15.9 Å². The maximum Gasteiger partial charge on any atom is 0.108 e. The zero-order valence-electron chi connectivity index (χ0n) is 8.63. The molecule has 1 atom stereocenters. The number of nitrogens with two attached hydrogens (primary N) is 1. The molecule has 0 bridgehead atoms. The van der Waals surface area contributed by atoms with E-state index in [-0.39, 0.29) is 17.4 Å². The second-order valence-electron chi connectivity index (χ2n) is 4.19. The van der Waals surface area contributed by atoms with E-state index >= 15 is 0 Å². The number of nitrogens with one attached hydrogen (secondary N) is 1. The van der Waals surface area contributed by atoms with Crippen molar-refractivity contribution in [2.45, 2.75) is 32.4 Å². The summed E-state index contributed by atoms with van der Waals surface area (Å²) < 4.78 is 5.39. The van der Waals surface area contributed by atoms with Crippen LogP contribution in [-0.4, -0.2) is 42.1 Å². The van der Waals surface area contributed by atoms with Crippen molar-refractivity contribution >= 4 is 5.84 Å². The summed E-state index contributed by atoms with van der Waals surface area (Å²) in [5.41, 5.74) is 5.48. The molecule has 4 heteroatoms. The van der Waals surface area contributed by atoms with Gasteiger partial charge >= 0.3 is 0 Å². The van der Waals surface area contributed by atoms with Crippen LogP contribution in [0, 0.1) is 5.41 Å². The van der Waals surface area contributed by atoms with E-state index in [2.05, 4.69) is 18.7 Å². The average Bonchev–Trinajstić information content (AvgIpc) is 2.02. The predicted octanol–water partition coefficient (Wildman–Crippen LogP) is 0.422. The van der Waals surface area contributed by atoms with Gasteiger partial charge < -0.3 is 10.5 Å². The van der Waals surface area contributed by atoms with Crippen LogP contribution in [0.5, 0.6) is 0 Å². The van der Waals surface area contributed by atoms with Crippen molar-refractivity contribution in [1.82, 2.24) is 4.90 Å². The minimum Gasteiger partial charge on any atom is -0.386 e. The lowest BCUT2D eigenvalue weighted by atomic mass is 10.00. The van der Waals surface area contributed by atoms with Crippen LogP contribution >= 0.6 is 0 Å². The predicted molar refractivity (Wildman–Crippen MR) is 53.0 cm³/mol. The third-order valence-corrected chi connectivity index (χ3v) is 2.63. The highest BCUT2D eigenvalue weighted by molar-refractivity contribution is 5.82. The topological polar surface area (TPSA) is 62.3 Å². The van der Waals surface area contributed by atoms with Gasteiger partial charge in [-0.1, -0.05) is 0 Å². The average molecular weight is 185 g/mol. The number of hydrogen-bond donors (Lipinski definition) is 2. The van der Waals surface area contributed by atoms with Crippen molar-refractivity contribution < 1.29 is 4.74 Å². The van der Waals surface area contributed by atoms with Crippen LogP contribution in [0.1, 0.15) is 20.8 Å². The van der Waals surface area contributed by atoms with Gasteiger partial charge in [-0.05, 0) is 20.8 Å². The van der Waals surface area contributed by atoms with Gasteiger partial charge in [0, 0.05) is 12.1 Å². The molecule has 0 amide bonds. The van der Waals surface area contributed by atoms with E-state index in [1.54, 1.807) is 0 Å². The SMILES string of the molecule is CC(C(=N)N)N1CCOCC1(C)C. The Labute approximate surface area is 79.6 Å². The second-order valence-corrected chi connectivity index (χ2v) is 4.19. The molecule has 1 aliphatic rings. The number of nitrogens with zero attached hydrogens (tertiary/aromatic N) is 1. The lowest BCUT2D eigenvalue weighted by molar-refractivity contribution is -0.0577. The number of rotatable bonds is 2. The highest BCUT2D eigenvalue weighted by atomic mass is 16.5. The highest BCUT2D eigenvalue weighted by Crippen LogP contribution is 2.21. The van der Waals surface area contributed by atoms with Crippen LogP contribution < -0.4 is 5.73 Å². The van der Waals surface area contributed by atoms with Crippen LogP contribution in [0.4, 0.5) is 0 Å². The van der Waals surface area contributed by atoms with Crippen molar-refractivity contribution in [3.63, 3.8) is 0 Å². The molecule has 0 aliphatic carbocycles. The zero-order chi connectivity index (χ0) is 10.1. The van der Waals surface area contributed by atoms with Gasteiger partial charge in [-0.25, -0.2) is 0 Å². The van der Waals surface area contributed by atoms with E-state index in [9.17, 15) is 0 Å². The van der Waals surface area contributed by atoms with Crippen LogP contribution in [0.2, 0.25) is 0 Å². The molecule has 0 radical (unpaired) electrons. The minimum atomic E-state index is -0.0106. The van der Waals surface area contributed by atoms with Gasteiger partial charge in [-0.3, -0.25) is 10.3 Å².